The van der Waals surface area contributed by atoms with E-state index in [9.17, 15) is 0 Å². The lowest BCUT2D eigenvalue weighted by molar-refractivity contribution is 0.483. The first kappa shape index (κ1) is 37.3. The van der Waals surface area contributed by atoms with Gasteiger partial charge in [0.1, 0.15) is 24.0 Å². The molecule has 5 nitrogen and oxygen atoms in total. The summed E-state index contributed by atoms with van der Waals surface area (Å²) in [5.41, 5.74) is 11.8. The summed E-state index contributed by atoms with van der Waals surface area (Å²) in [6.07, 6.45) is 1.94. The van der Waals surface area contributed by atoms with Crippen molar-refractivity contribution in [3.8, 4) is 17.3 Å². The monoisotopic (exact) mass is 760 g/mol. The second-order valence-electron chi connectivity index (χ2n) is 18.2. The first-order valence-electron chi connectivity index (χ1n) is 20.4. The van der Waals surface area contributed by atoms with Gasteiger partial charge in [0.2, 0.25) is 0 Å². The van der Waals surface area contributed by atoms with E-state index >= 15 is 0 Å². The van der Waals surface area contributed by atoms with E-state index in [0.717, 1.165) is 39.7 Å². The van der Waals surface area contributed by atoms with Crippen LogP contribution in [-0.2, 0) is 16.2 Å². The molecule has 0 radical (unpaired) electrons. The molecule has 0 fully saturated rings. The minimum atomic E-state index is -0.138. The van der Waals surface area contributed by atoms with Gasteiger partial charge in [0.15, 0.2) is 0 Å². The van der Waals surface area contributed by atoms with Crippen LogP contribution >= 0.6 is 0 Å². The fourth-order valence-electron chi connectivity index (χ4n) is 8.58. The molecule has 6 aromatic carbocycles. The molecule has 3 heterocycles. The van der Waals surface area contributed by atoms with Crippen LogP contribution in [0, 0.1) is 0 Å². The van der Waals surface area contributed by atoms with Crippen LogP contribution in [0.3, 0.4) is 0 Å². The van der Waals surface area contributed by atoms with Crippen LogP contribution in [0.2, 0.25) is 0 Å². The van der Waals surface area contributed by atoms with Crippen LogP contribution in [0.15, 0.2) is 158 Å². The molecule has 0 amide bonds. The summed E-state index contributed by atoms with van der Waals surface area (Å²) in [7, 11) is 0. The molecule has 290 valence electrons. The molecule has 0 saturated heterocycles. The summed E-state index contributed by atoms with van der Waals surface area (Å²) < 4.78 is 9.08. The van der Waals surface area contributed by atoms with Crippen molar-refractivity contribution < 1.29 is 4.74 Å². The lowest BCUT2D eigenvalue weighted by Gasteiger charge is -2.28. The average Bonchev–Trinajstić information content (AvgIpc) is 3.77. The highest BCUT2D eigenvalue weighted by atomic mass is 16.5. The Balaban J connectivity index is 1.07. The summed E-state index contributed by atoms with van der Waals surface area (Å²) in [6.45, 7) is 18.9. The van der Waals surface area contributed by atoms with E-state index in [1.807, 2.05) is 12.3 Å². The van der Waals surface area contributed by atoms with Gasteiger partial charge in [0.05, 0.1) is 22.4 Å². The zero-order chi connectivity index (χ0) is 40.4. The second kappa shape index (κ2) is 13.9. The maximum absolute atomic E-state index is 6.77. The maximum atomic E-state index is 6.77. The molecule has 0 unspecified atom stereocenters. The number of para-hydroxylation sites is 2. The van der Waals surface area contributed by atoms with Gasteiger partial charge in [0.25, 0.3) is 0 Å². The first-order valence-corrected chi connectivity index (χ1v) is 20.4. The van der Waals surface area contributed by atoms with E-state index in [4.69, 9.17) is 9.72 Å². The lowest BCUT2D eigenvalue weighted by Crippen LogP contribution is -2.25. The van der Waals surface area contributed by atoms with Crippen LogP contribution < -0.4 is 14.5 Å². The molecule has 0 spiro atoms. The van der Waals surface area contributed by atoms with Gasteiger partial charge >= 0.3 is 0 Å². The fraction of sp³-hybridized carbons (Fsp3) is 0.226. The van der Waals surface area contributed by atoms with Crippen molar-refractivity contribution in [1.82, 2.24) is 9.55 Å². The van der Waals surface area contributed by atoms with Gasteiger partial charge in [-0.1, -0.05) is 128 Å². The summed E-state index contributed by atoms with van der Waals surface area (Å²) in [5, 5.41) is 2.45. The number of hydrogen-bond donors (Lipinski definition) is 0. The zero-order valence-electron chi connectivity index (χ0n) is 34.9. The van der Waals surface area contributed by atoms with E-state index in [2.05, 4.69) is 215 Å². The molecule has 9 rings (SSSR count). The fourth-order valence-corrected chi connectivity index (χ4v) is 8.58. The van der Waals surface area contributed by atoms with Gasteiger partial charge in [-0.3, -0.25) is 4.57 Å². The van der Waals surface area contributed by atoms with Gasteiger partial charge in [-0.25, -0.2) is 4.98 Å². The molecule has 0 saturated carbocycles. The smallest absolute Gasteiger partial charge is 0.137 e. The van der Waals surface area contributed by atoms with Gasteiger partial charge < -0.3 is 14.5 Å². The standard InChI is InChI=1S/C53H52N4O/c1-51(2,3)37-29-30-54-49(32-37)57-47-26-16-23-44(52(4,5)6)50(47)43-28-27-42(34-48(43)57)58-41-22-15-21-40(33-41)56-35-55(45-24-12-13-25-46(45)56)39-20-14-19-38(31-39)53(7,8)36-17-10-9-11-18-36/h9-34H,35H2,1-8H3. The topological polar surface area (TPSA) is 33.5 Å². The molecule has 1 aliphatic heterocycles. The Kier molecular flexibility index (Phi) is 8.96. The van der Waals surface area contributed by atoms with Crippen LogP contribution in [0.5, 0.6) is 11.5 Å². The molecule has 58 heavy (non-hydrogen) atoms. The van der Waals surface area contributed by atoms with Gasteiger partial charge in [-0.2, -0.15) is 0 Å². The van der Waals surface area contributed by atoms with Gasteiger partial charge in [-0.15, -0.1) is 0 Å². The van der Waals surface area contributed by atoms with Crippen LogP contribution in [0.4, 0.5) is 22.7 Å². The van der Waals surface area contributed by atoms with E-state index in [-0.39, 0.29) is 16.2 Å². The lowest BCUT2D eigenvalue weighted by atomic mass is 9.78. The highest BCUT2D eigenvalue weighted by Gasteiger charge is 2.30. The molecular weight excluding hydrogens is 709 g/mol. The van der Waals surface area contributed by atoms with Crippen molar-refractivity contribution in [3.05, 3.63) is 180 Å². The van der Waals surface area contributed by atoms with E-state index in [0.29, 0.717) is 6.67 Å². The Hall–Kier alpha value is -6.33. The Morgan fingerprint density at radius 2 is 1.14 bits per heavy atom. The Morgan fingerprint density at radius 1 is 0.500 bits per heavy atom. The van der Waals surface area contributed by atoms with Gasteiger partial charge in [0, 0.05) is 45.9 Å². The molecule has 8 aromatic rings. The second-order valence-corrected chi connectivity index (χ2v) is 18.2. The number of pyridine rings is 1. The molecular formula is C53H52N4O. The first-order chi connectivity index (χ1) is 27.8. The van der Waals surface area contributed by atoms with E-state index < -0.39 is 0 Å². The molecule has 2 aromatic heterocycles. The van der Waals surface area contributed by atoms with Crippen LogP contribution in [0.1, 0.15) is 77.6 Å². The largest absolute Gasteiger partial charge is 0.457 e. The Morgan fingerprint density at radius 3 is 1.84 bits per heavy atom. The molecule has 0 aliphatic carbocycles. The maximum Gasteiger partial charge on any atom is 0.137 e. The summed E-state index contributed by atoms with van der Waals surface area (Å²) in [6, 6.07) is 54.4. The quantitative estimate of drug-likeness (QED) is 0.162. The molecule has 1 aliphatic rings. The molecule has 5 heteroatoms. The molecule has 0 bridgehead atoms. The number of benzene rings is 6. The SMILES string of the molecule is CC(C)(C)c1ccnc(-n2c3cc(Oc4cccc(N5CN(c6cccc(C(C)(C)c7ccccc7)c6)c6ccccc65)c4)ccc3c3c(C(C)(C)C)cccc32)c1. The number of nitrogens with zero attached hydrogens (tertiary/aromatic N) is 4. The number of aromatic nitrogens is 2. The summed E-state index contributed by atoms with van der Waals surface area (Å²) in [4.78, 5) is 9.73. The number of fused-ring (bicyclic) bond motifs is 4. The van der Waals surface area contributed by atoms with E-state index in [1.54, 1.807) is 0 Å². The van der Waals surface area contributed by atoms with E-state index in [1.165, 1.54) is 44.4 Å². The van der Waals surface area contributed by atoms with Crippen molar-refractivity contribution in [1.29, 1.82) is 0 Å². The predicted molar refractivity (Wildman–Crippen MR) is 243 cm³/mol. The number of ether oxygens (including phenoxy) is 1. The highest BCUT2D eigenvalue weighted by molar-refractivity contribution is 6.11. The van der Waals surface area contributed by atoms with Crippen LogP contribution in [-0.4, -0.2) is 16.2 Å². The van der Waals surface area contributed by atoms with Crippen molar-refractivity contribution in [2.45, 2.75) is 71.6 Å². The summed E-state index contributed by atoms with van der Waals surface area (Å²) >= 11 is 0. The average molecular weight is 761 g/mol. The van der Waals surface area contributed by atoms with Crippen molar-refractivity contribution >= 4 is 44.6 Å². The third kappa shape index (κ3) is 6.58. The summed E-state index contributed by atoms with van der Waals surface area (Å²) in [5.74, 6) is 2.47. The number of rotatable bonds is 7. The van der Waals surface area contributed by atoms with Crippen LogP contribution in [0.25, 0.3) is 27.6 Å². The molecule has 0 N–H and O–H groups in total. The normalized spacial score (nSPS) is 13.4. The zero-order valence-corrected chi connectivity index (χ0v) is 34.9. The van der Waals surface area contributed by atoms with Crippen molar-refractivity contribution in [2.24, 2.45) is 0 Å². The van der Waals surface area contributed by atoms with Crippen molar-refractivity contribution in [3.63, 3.8) is 0 Å². The highest BCUT2D eigenvalue weighted by Crippen LogP contribution is 2.46. The Labute approximate surface area is 343 Å². The minimum Gasteiger partial charge on any atom is -0.457 e. The Bertz CT molecular complexity index is 2800. The van der Waals surface area contributed by atoms with Gasteiger partial charge in [-0.05, 0) is 99.8 Å². The third-order valence-corrected chi connectivity index (χ3v) is 11.9. The number of hydrogen-bond acceptors (Lipinski definition) is 4. The number of anilines is 4. The molecule has 0 atom stereocenters. The minimum absolute atomic E-state index is 0.0114. The third-order valence-electron chi connectivity index (χ3n) is 11.9. The van der Waals surface area contributed by atoms with Crippen molar-refractivity contribution in [2.75, 3.05) is 16.5 Å². The predicted octanol–water partition coefficient (Wildman–Crippen LogP) is 14.1.